The summed E-state index contributed by atoms with van der Waals surface area (Å²) in [5, 5.41) is 17.6. The van der Waals surface area contributed by atoms with Gasteiger partial charge >= 0.3 is 0 Å². The van der Waals surface area contributed by atoms with Gasteiger partial charge in [0.2, 0.25) is 11.2 Å². The van der Waals surface area contributed by atoms with Gasteiger partial charge in [-0.25, -0.2) is 0 Å². The van der Waals surface area contributed by atoms with Gasteiger partial charge in [0.15, 0.2) is 5.76 Å². The van der Waals surface area contributed by atoms with Crippen LogP contribution in [0.15, 0.2) is 33.5 Å². The summed E-state index contributed by atoms with van der Waals surface area (Å²) in [6.45, 7) is 4.96. The first-order chi connectivity index (χ1) is 14.0. The van der Waals surface area contributed by atoms with Crippen LogP contribution < -0.4 is 16.1 Å². The third-order valence-electron chi connectivity index (χ3n) is 4.95. The second-order valence-corrected chi connectivity index (χ2v) is 8.10. The van der Waals surface area contributed by atoms with Gasteiger partial charge in [-0.15, -0.1) is 0 Å². The van der Waals surface area contributed by atoms with E-state index in [1.54, 1.807) is 6.07 Å². The summed E-state index contributed by atoms with van der Waals surface area (Å²) in [7, 11) is 0. The summed E-state index contributed by atoms with van der Waals surface area (Å²) in [6, 6.07) is 6.94. The molecule has 1 aromatic carbocycles. The largest absolute Gasteiger partial charge is 0.502 e. The van der Waals surface area contributed by atoms with Crippen molar-refractivity contribution < 1.29 is 9.52 Å². The van der Waals surface area contributed by atoms with Crippen LogP contribution >= 0.6 is 23.2 Å². The molecule has 2 aromatic rings. The molecule has 29 heavy (non-hydrogen) atoms. The standard InChI is InChI=1S/C21H27Cl2N3O3/c22-17-5-4-15(10-18(17)23)12-24-6-7-25-13-20-21(28)19(27)11-16(29-20)14-26-8-2-1-3-9-26/h4-5,10-11,24-25,28H,1-3,6-9,12-14H2. The number of benzene rings is 1. The van der Waals surface area contributed by atoms with E-state index in [1.807, 2.05) is 12.1 Å². The Kier molecular flexibility index (Phi) is 8.39. The summed E-state index contributed by atoms with van der Waals surface area (Å²) in [5.74, 6) is 0.571. The number of rotatable bonds is 9. The summed E-state index contributed by atoms with van der Waals surface area (Å²) >= 11 is 11.9. The number of piperidine rings is 1. The van der Waals surface area contributed by atoms with Gasteiger partial charge in [0.25, 0.3) is 0 Å². The SMILES string of the molecule is O=c1cc(CN2CCCCC2)oc(CNCCNCc2ccc(Cl)c(Cl)c2)c1O. The molecule has 6 nitrogen and oxygen atoms in total. The highest BCUT2D eigenvalue weighted by Crippen LogP contribution is 2.22. The lowest BCUT2D eigenvalue weighted by Gasteiger charge is -2.25. The lowest BCUT2D eigenvalue weighted by atomic mass is 10.1. The van der Waals surface area contributed by atoms with E-state index in [0.717, 1.165) is 18.7 Å². The zero-order chi connectivity index (χ0) is 20.6. The van der Waals surface area contributed by atoms with E-state index in [-0.39, 0.29) is 11.5 Å². The molecule has 0 unspecified atom stereocenters. The number of hydrogen-bond acceptors (Lipinski definition) is 6. The Hall–Kier alpha value is -1.57. The maximum Gasteiger partial charge on any atom is 0.227 e. The van der Waals surface area contributed by atoms with Crippen molar-refractivity contribution in [3.8, 4) is 5.75 Å². The van der Waals surface area contributed by atoms with Gasteiger partial charge in [0.1, 0.15) is 5.76 Å². The lowest BCUT2D eigenvalue weighted by Crippen LogP contribution is -2.30. The van der Waals surface area contributed by atoms with E-state index in [4.69, 9.17) is 27.6 Å². The molecule has 1 aromatic heterocycles. The highest BCUT2D eigenvalue weighted by molar-refractivity contribution is 6.42. The first-order valence-electron chi connectivity index (χ1n) is 9.95. The van der Waals surface area contributed by atoms with Crippen LogP contribution in [0.3, 0.4) is 0 Å². The Balaban J connectivity index is 1.44. The molecule has 2 heterocycles. The third kappa shape index (κ3) is 6.73. The lowest BCUT2D eigenvalue weighted by molar-refractivity contribution is 0.199. The number of nitrogens with zero attached hydrogens (tertiary/aromatic N) is 1. The molecule has 0 aliphatic carbocycles. The third-order valence-corrected chi connectivity index (χ3v) is 5.69. The molecule has 0 bridgehead atoms. The van der Waals surface area contributed by atoms with E-state index in [2.05, 4.69) is 15.5 Å². The number of aromatic hydroxyl groups is 1. The van der Waals surface area contributed by atoms with Crippen LogP contribution in [0.5, 0.6) is 5.75 Å². The van der Waals surface area contributed by atoms with Gasteiger partial charge in [-0.1, -0.05) is 35.7 Å². The molecular formula is C21H27Cl2N3O3. The topological polar surface area (TPSA) is 77.7 Å². The highest BCUT2D eigenvalue weighted by Gasteiger charge is 2.15. The number of likely N-dealkylation sites (tertiary alicyclic amines) is 1. The highest BCUT2D eigenvalue weighted by atomic mass is 35.5. The molecule has 158 valence electrons. The van der Waals surface area contributed by atoms with Gasteiger partial charge < -0.3 is 20.2 Å². The zero-order valence-electron chi connectivity index (χ0n) is 16.3. The Morgan fingerprint density at radius 1 is 1.00 bits per heavy atom. The van der Waals surface area contributed by atoms with Crippen molar-refractivity contribution in [2.75, 3.05) is 26.2 Å². The smallest absolute Gasteiger partial charge is 0.227 e. The van der Waals surface area contributed by atoms with Crippen LogP contribution in [-0.2, 0) is 19.6 Å². The summed E-state index contributed by atoms with van der Waals surface area (Å²) < 4.78 is 5.79. The van der Waals surface area contributed by atoms with Crippen LogP contribution in [0.1, 0.15) is 36.3 Å². The molecular weight excluding hydrogens is 413 g/mol. The molecule has 8 heteroatoms. The van der Waals surface area contributed by atoms with Gasteiger partial charge in [-0.3, -0.25) is 9.69 Å². The van der Waals surface area contributed by atoms with Crippen molar-refractivity contribution in [3.05, 3.63) is 61.6 Å². The van der Waals surface area contributed by atoms with Crippen LogP contribution in [-0.4, -0.2) is 36.2 Å². The molecule has 1 fully saturated rings. The zero-order valence-corrected chi connectivity index (χ0v) is 17.9. The second-order valence-electron chi connectivity index (χ2n) is 7.29. The minimum absolute atomic E-state index is 0.286. The first-order valence-corrected chi connectivity index (χ1v) is 10.7. The molecule has 0 amide bonds. The number of hydrogen-bond donors (Lipinski definition) is 3. The average Bonchev–Trinajstić information content (AvgIpc) is 2.71. The van der Waals surface area contributed by atoms with Gasteiger partial charge in [0, 0.05) is 25.7 Å². The quantitative estimate of drug-likeness (QED) is 0.518. The van der Waals surface area contributed by atoms with Crippen molar-refractivity contribution in [2.45, 2.75) is 38.9 Å². The monoisotopic (exact) mass is 439 g/mol. The number of nitrogens with one attached hydrogen (secondary N) is 2. The van der Waals surface area contributed by atoms with E-state index in [0.29, 0.717) is 48.5 Å². The van der Waals surface area contributed by atoms with Crippen molar-refractivity contribution in [2.24, 2.45) is 0 Å². The van der Waals surface area contributed by atoms with E-state index in [9.17, 15) is 9.90 Å². The molecule has 0 saturated carbocycles. The minimum atomic E-state index is -0.391. The molecule has 0 radical (unpaired) electrons. The molecule has 0 spiro atoms. The van der Waals surface area contributed by atoms with Crippen molar-refractivity contribution in [3.63, 3.8) is 0 Å². The van der Waals surface area contributed by atoms with Crippen LogP contribution in [0, 0.1) is 0 Å². The Bertz CT molecular complexity index is 867. The van der Waals surface area contributed by atoms with E-state index >= 15 is 0 Å². The maximum atomic E-state index is 12.1. The van der Waals surface area contributed by atoms with Crippen molar-refractivity contribution in [1.82, 2.24) is 15.5 Å². The predicted octanol–water partition coefficient (Wildman–Crippen LogP) is 3.52. The second kappa shape index (κ2) is 11.0. The predicted molar refractivity (Wildman–Crippen MR) is 116 cm³/mol. The molecule has 1 aliphatic heterocycles. The molecule has 0 atom stereocenters. The average molecular weight is 440 g/mol. The van der Waals surface area contributed by atoms with Crippen LogP contribution in [0.25, 0.3) is 0 Å². The fraction of sp³-hybridized carbons (Fsp3) is 0.476. The van der Waals surface area contributed by atoms with Gasteiger partial charge in [-0.2, -0.15) is 0 Å². The normalized spacial score (nSPS) is 15.0. The summed E-state index contributed by atoms with van der Waals surface area (Å²) in [5.41, 5.74) is 0.659. The summed E-state index contributed by atoms with van der Waals surface area (Å²) in [4.78, 5) is 14.3. The van der Waals surface area contributed by atoms with Crippen molar-refractivity contribution in [1.29, 1.82) is 0 Å². The van der Waals surface area contributed by atoms with Gasteiger partial charge in [0.05, 0.1) is 23.1 Å². The van der Waals surface area contributed by atoms with Crippen LogP contribution in [0.4, 0.5) is 0 Å². The van der Waals surface area contributed by atoms with E-state index < -0.39 is 5.43 Å². The summed E-state index contributed by atoms with van der Waals surface area (Å²) in [6.07, 6.45) is 3.60. The van der Waals surface area contributed by atoms with Crippen LogP contribution in [0.2, 0.25) is 10.0 Å². The molecule has 1 aliphatic rings. The molecule has 3 N–H and O–H groups in total. The Morgan fingerprint density at radius 2 is 1.72 bits per heavy atom. The minimum Gasteiger partial charge on any atom is -0.502 e. The molecule has 3 rings (SSSR count). The molecule has 1 saturated heterocycles. The van der Waals surface area contributed by atoms with Gasteiger partial charge in [-0.05, 0) is 43.6 Å². The number of halogens is 2. The Labute approximate surface area is 180 Å². The van der Waals surface area contributed by atoms with E-state index in [1.165, 1.54) is 25.3 Å². The fourth-order valence-electron chi connectivity index (χ4n) is 3.38. The first kappa shape index (κ1) is 22.1. The Morgan fingerprint density at radius 3 is 2.45 bits per heavy atom. The van der Waals surface area contributed by atoms with Crippen molar-refractivity contribution >= 4 is 23.2 Å². The fourth-order valence-corrected chi connectivity index (χ4v) is 3.71. The maximum absolute atomic E-state index is 12.1.